The molecule has 4 heteroatoms. The Morgan fingerprint density at radius 2 is 2.07 bits per heavy atom. The summed E-state index contributed by atoms with van der Waals surface area (Å²) in [7, 11) is 0. The molecule has 1 aromatic rings. The van der Waals surface area contributed by atoms with Crippen molar-refractivity contribution in [2.75, 3.05) is 0 Å². The van der Waals surface area contributed by atoms with Crippen molar-refractivity contribution in [3.8, 4) is 0 Å². The lowest BCUT2D eigenvalue weighted by molar-refractivity contribution is 0.0320. The lowest BCUT2D eigenvalue weighted by Gasteiger charge is -2.14. The van der Waals surface area contributed by atoms with E-state index in [-0.39, 0.29) is 0 Å². The topological polar surface area (TPSA) is 40.5 Å². The van der Waals surface area contributed by atoms with E-state index in [1.807, 2.05) is 12.1 Å². The van der Waals surface area contributed by atoms with E-state index in [0.29, 0.717) is 11.4 Å². The summed E-state index contributed by atoms with van der Waals surface area (Å²) >= 11 is 9.25. The normalized spacial score (nSPS) is 15.2. The number of hydrogen-bond donors (Lipinski definition) is 2. The van der Waals surface area contributed by atoms with Gasteiger partial charge in [0.2, 0.25) is 0 Å². The van der Waals surface area contributed by atoms with Gasteiger partial charge in [-0.15, -0.1) is 0 Å². The zero-order valence-corrected chi connectivity index (χ0v) is 10.1. The van der Waals surface area contributed by atoms with Crippen molar-refractivity contribution in [1.29, 1.82) is 0 Å². The fourth-order valence-corrected chi connectivity index (χ4v) is 1.83. The van der Waals surface area contributed by atoms with Crippen molar-refractivity contribution >= 4 is 27.5 Å². The molecule has 0 amide bonds. The number of aliphatic hydroxyl groups excluding tert-OH is 2. The highest BCUT2D eigenvalue weighted by Gasteiger charge is 2.13. The second-order valence-electron chi connectivity index (χ2n) is 3.25. The molecule has 0 saturated heterocycles. The Bertz CT molecular complexity index is 315. The van der Waals surface area contributed by atoms with E-state index in [9.17, 15) is 5.11 Å². The van der Waals surface area contributed by atoms with Gasteiger partial charge in [-0.2, -0.15) is 0 Å². The van der Waals surface area contributed by atoms with Gasteiger partial charge < -0.3 is 10.2 Å². The predicted octanol–water partition coefficient (Wildman–Crippen LogP) is 2.39. The van der Waals surface area contributed by atoms with E-state index in [0.717, 1.165) is 10.0 Å². The van der Waals surface area contributed by atoms with Gasteiger partial charge >= 0.3 is 0 Å². The van der Waals surface area contributed by atoms with Crippen molar-refractivity contribution in [1.82, 2.24) is 0 Å². The van der Waals surface area contributed by atoms with E-state index in [1.54, 1.807) is 13.0 Å². The summed E-state index contributed by atoms with van der Waals surface area (Å²) in [6.07, 6.45) is -1.15. The van der Waals surface area contributed by atoms with Gasteiger partial charge in [-0.05, 0) is 24.6 Å². The third-order valence-electron chi connectivity index (χ3n) is 2.00. The lowest BCUT2D eigenvalue weighted by Crippen LogP contribution is -2.24. The molecule has 1 rings (SSSR count). The average molecular weight is 280 g/mol. The fraction of sp³-hybridized carbons (Fsp3) is 0.400. The molecule has 0 spiro atoms. The number of hydrogen-bond acceptors (Lipinski definition) is 2. The van der Waals surface area contributed by atoms with Crippen molar-refractivity contribution in [2.45, 2.75) is 25.6 Å². The van der Waals surface area contributed by atoms with E-state index in [4.69, 9.17) is 16.7 Å². The Labute approximate surface area is 96.7 Å². The van der Waals surface area contributed by atoms with Crippen LogP contribution < -0.4 is 0 Å². The minimum absolute atomic E-state index is 0.365. The molecule has 0 saturated carbocycles. The van der Waals surface area contributed by atoms with E-state index < -0.39 is 12.2 Å². The van der Waals surface area contributed by atoms with Crippen LogP contribution >= 0.6 is 27.5 Å². The molecule has 0 aliphatic carbocycles. The Balaban J connectivity index is 2.77. The van der Waals surface area contributed by atoms with Gasteiger partial charge in [-0.1, -0.05) is 33.6 Å². The van der Waals surface area contributed by atoms with Gasteiger partial charge in [0.25, 0.3) is 0 Å². The molecule has 0 aliphatic rings. The highest BCUT2D eigenvalue weighted by Crippen LogP contribution is 2.22. The van der Waals surface area contributed by atoms with Crippen LogP contribution in [-0.2, 0) is 6.42 Å². The van der Waals surface area contributed by atoms with E-state index >= 15 is 0 Å². The van der Waals surface area contributed by atoms with Gasteiger partial charge in [0.1, 0.15) is 0 Å². The second kappa shape index (κ2) is 5.12. The molecule has 0 aliphatic heterocycles. The minimum Gasteiger partial charge on any atom is -0.391 e. The summed E-state index contributed by atoms with van der Waals surface area (Å²) in [5.41, 5.74) is 0.836. The molecular weight excluding hydrogens is 267 g/mol. The number of rotatable bonds is 3. The van der Waals surface area contributed by atoms with Crippen molar-refractivity contribution in [3.63, 3.8) is 0 Å². The third-order valence-corrected chi connectivity index (χ3v) is 2.85. The highest BCUT2D eigenvalue weighted by molar-refractivity contribution is 9.10. The van der Waals surface area contributed by atoms with E-state index in [1.165, 1.54) is 0 Å². The van der Waals surface area contributed by atoms with Crippen LogP contribution in [0.15, 0.2) is 22.7 Å². The summed E-state index contributed by atoms with van der Waals surface area (Å²) in [6.45, 7) is 1.55. The first kappa shape index (κ1) is 12.0. The average Bonchev–Trinajstić information content (AvgIpc) is 2.09. The molecule has 0 radical (unpaired) electrons. The molecule has 2 atom stereocenters. The Kier molecular flexibility index (Phi) is 4.38. The van der Waals surface area contributed by atoms with Crippen molar-refractivity contribution in [2.24, 2.45) is 0 Å². The zero-order chi connectivity index (χ0) is 10.7. The van der Waals surface area contributed by atoms with Crippen LogP contribution in [0.3, 0.4) is 0 Å². The summed E-state index contributed by atoms with van der Waals surface area (Å²) in [5, 5.41) is 19.2. The SMILES string of the molecule is CC(O)C(O)Cc1ccc(Br)cc1Cl. The van der Waals surface area contributed by atoms with Gasteiger partial charge in [-0.25, -0.2) is 0 Å². The maximum atomic E-state index is 9.45. The third kappa shape index (κ3) is 3.24. The van der Waals surface area contributed by atoms with Crippen molar-refractivity contribution in [3.05, 3.63) is 33.3 Å². The van der Waals surface area contributed by atoms with Crippen LogP contribution in [0, 0.1) is 0 Å². The molecule has 78 valence electrons. The molecule has 1 aromatic carbocycles. The second-order valence-corrected chi connectivity index (χ2v) is 4.57. The molecule has 0 bridgehead atoms. The number of benzene rings is 1. The monoisotopic (exact) mass is 278 g/mol. The highest BCUT2D eigenvalue weighted by atomic mass is 79.9. The lowest BCUT2D eigenvalue weighted by atomic mass is 10.1. The first-order valence-electron chi connectivity index (χ1n) is 4.30. The molecule has 2 nitrogen and oxygen atoms in total. The standard InChI is InChI=1S/C10H12BrClO2/c1-6(13)10(14)4-7-2-3-8(11)5-9(7)12/h2-3,5-6,10,13-14H,4H2,1H3. The molecule has 2 unspecified atom stereocenters. The summed E-state index contributed by atoms with van der Waals surface area (Å²) < 4.78 is 0.901. The maximum absolute atomic E-state index is 9.45. The van der Waals surface area contributed by atoms with Crippen LogP contribution in [0.25, 0.3) is 0 Å². The van der Waals surface area contributed by atoms with E-state index in [2.05, 4.69) is 15.9 Å². The molecule has 0 aromatic heterocycles. The van der Waals surface area contributed by atoms with Gasteiger partial charge in [-0.3, -0.25) is 0 Å². The van der Waals surface area contributed by atoms with Gasteiger partial charge in [0, 0.05) is 15.9 Å². The largest absolute Gasteiger partial charge is 0.391 e. The molecule has 0 heterocycles. The minimum atomic E-state index is -0.770. The summed E-state index contributed by atoms with van der Waals surface area (Å²) in [5.74, 6) is 0. The Morgan fingerprint density at radius 3 is 2.57 bits per heavy atom. The first-order valence-corrected chi connectivity index (χ1v) is 5.48. The first-order chi connectivity index (χ1) is 6.50. The quantitative estimate of drug-likeness (QED) is 0.892. The van der Waals surface area contributed by atoms with Crippen molar-refractivity contribution < 1.29 is 10.2 Å². The zero-order valence-electron chi connectivity index (χ0n) is 7.74. The van der Waals surface area contributed by atoms with Gasteiger partial charge in [0.05, 0.1) is 12.2 Å². The van der Waals surface area contributed by atoms with Crippen LogP contribution in [-0.4, -0.2) is 22.4 Å². The fourth-order valence-electron chi connectivity index (χ4n) is 1.08. The Morgan fingerprint density at radius 1 is 1.43 bits per heavy atom. The van der Waals surface area contributed by atoms with Crippen LogP contribution in [0.5, 0.6) is 0 Å². The van der Waals surface area contributed by atoms with Gasteiger partial charge in [0.15, 0.2) is 0 Å². The van der Waals surface area contributed by atoms with Crippen LogP contribution in [0.2, 0.25) is 5.02 Å². The smallest absolute Gasteiger partial charge is 0.0837 e. The molecule has 2 N–H and O–H groups in total. The number of halogens is 2. The Hall–Kier alpha value is -0.0900. The predicted molar refractivity (Wildman–Crippen MR) is 60.5 cm³/mol. The maximum Gasteiger partial charge on any atom is 0.0837 e. The summed E-state index contributed by atoms with van der Waals surface area (Å²) in [4.78, 5) is 0. The molecular formula is C10H12BrClO2. The summed E-state index contributed by atoms with van der Waals surface area (Å²) in [6, 6.07) is 5.46. The molecule has 0 fully saturated rings. The molecule has 14 heavy (non-hydrogen) atoms. The van der Waals surface area contributed by atoms with Crippen LogP contribution in [0.4, 0.5) is 0 Å². The van der Waals surface area contributed by atoms with Crippen LogP contribution in [0.1, 0.15) is 12.5 Å². The number of aliphatic hydroxyl groups is 2.